The summed E-state index contributed by atoms with van der Waals surface area (Å²) < 4.78 is 12.7. The molecule has 0 atom stereocenters. The van der Waals surface area contributed by atoms with E-state index in [4.69, 9.17) is 9.47 Å². The van der Waals surface area contributed by atoms with Crippen molar-refractivity contribution in [3.05, 3.63) is 54.7 Å². The van der Waals surface area contributed by atoms with Crippen LogP contribution >= 0.6 is 45.2 Å². The van der Waals surface area contributed by atoms with Crippen LogP contribution in [0.15, 0.2) is 36.4 Å². The van der Waals surface area contributed by atoms with Crippen molar-refractivity contribution in [2.75, 3.05) is 14.2 Å². The molecule has 0 fully saturated rings. The molecule has 0 spiro atoms. The Morgan fingerprint density at radius 3 is 1.81 bits per heavy atom. The summed E-state index contributed by atoms with van der Waals surface area (Å²) in [5.74, 6) is 1.81. The minimum atomic E-state index is 0. The van der Waals surface area contributed by atoms with Gasteiger partial charge in [0, 0.05) is 51.4 Å². The van der Waals surface area contributed by atoms with Gasteiger partial charge in [0.2, 0.25) is 0 Å². The minimum absolute atomic E-state index is 0. The number of benzene rings is 2. The van der Waals surface area contributed by atoms with Gasteiger partial charge in [-0.3, -0.25) is 0 Å². The van der Waals surface area contributed by atoms with Crippen LogP contribution < -0.4 is 9.47 Å². The normalized spacial score (nSPS) is 10.3. The van der Waals surface area contributed by atoms with Gasteiger partial charge in [-0.1, -0.05) is 24.3 Å². The topological polar surface area (TPSA) is 18.5 Å². The zero-order chi connectivity index (χ0) is 14.5. The van der Waals surface area contributed by atoms with Gasteiger partial charge in [0.15, 0.2) is 0 Å². The van der Waals surface area contributed by atoms with Crippen LogP contribution in [0.4, 0.5) is 0 Å². The second kappa shape index (κ2) is 9.89. The Labute approximate surface area is 195 Å². The van der Waals surface area contributed by atoms with Gasteiger partial charge in [-0.05, 0) is 80.6 Å². The molecule has 0 aromatic heterocycles. The van der Waals surface area contributed by atoms with E-state index < -0.39 is 0 Å². The van der Waals surface area contributed by atoms with E-state index in [0.29, 0.717) is 0 Å². The predicted molar refractivity (Wildman–Crippen MR) is 106 cm³/mol. The number of hydrogen-bond donors (Lipinski definition) is 0. The molecule has 0 amide bonds. The molecule has 2 rings (SSSR count). The van der Waals surface area contributed by atoms with Gasteiger partial charge in [0.1, 0.15) is 11.5 Å². The van der Waals surface area contributed by atoms with E-state index in [1.807, 2.05) is 24.3 Å². The molecular weight excluding hydrogens is 517 g/mol. The predicted octanol–water partition coefficient (Wildman–Crippen LogP) is 4.70. The molecule has 2 aromatic rings. The summed E-state index contributed by atoms with van der Waals surface area (Å²) in [6.07, 6.45) is 4.19. The number of methoxy groups -OCH3 is 2. The Balaban J connectivity index is 0.00000220. The van der Waals surface area contributed by atoms with Crippen molar-refractivity contribution in [1.29, 1.82) is 0 Å². The summed E-state index contributed by atoms with van der Waals surface area (Å²) in [6, 6.07) is 12.2. The molecule has 0 unspecified atom stereocenters. The van der Waals surface area contributed by atoms with Crippen molar-refractivity contribution in [2.45, 2.75) is 0 Å². The van der Waals surface area contributed by atoms with Gasteiger partial charge in [-0.25, -0.2) is 0 Å². The molecule has 2 nitrogen and oxygen atoms in total. The first kappa shape index (κ1) is 19.9. The largest absolute Gasteiger partial charge is 0.497 e. The Kier molecular flexibility index (Phi) is 9.38. The van der Waals surface area contributed by atoms with Gasteiger partial charge >= 0.3 is 0 Å². The van der Waals surface area contributed by atoms with Crippen LogP contribution in [0.2, 0.25) is 0 Å². The van der Waals surface area contributed by atoms with Crippen LogP contribution in [0.3, 0.4) is 0 Å². The third kappa shape index (κ3) is 5.78. The summed E-state index contributed by atoms with van der Waals surface area (Å²) in [5.41, 5.74) is 2.31. The zero-order valence-corrected chi connectivity index (χ0v) is 19.6. The Morgan fingerprint density at radius 2 is 1.33 bits per heavy atom. The molecule has 21 heavy (non-hydrogen) atoms. The molecule has 0 aliphatic rings. The Morgan fingerprint density at radius 1 is 0.810 bits per heavy atom. The third-order valence-electron chi connectivity index (χ3n) is 2.81. The van der Waals surface area contributed by atoms with Gasteiger partial charge in [0.25, 0.3) is 0 Å². The molecule has 5 heteroatoms. The van der Waals surface area contributed by atoms with Crippen molar-refractivity contribution >= 4 is 109 Å². The Bertz CT molecular complexity index is 602. The fourth-order valence-electron chi connectivity index (χ4n) is 1.78. The summed E-state index contributed by atoms with van der Waals surface area (Å²) in [7, 11) is 3.37. The second-order valence-corrected chi connectivity index (χ2v) is 6.45. The quantitative estimate of drug-likeness (QED) is 0.324. The molecule has 0 aliphatic heterocycles. The van der Waals surface area contributed by atoms with Gasteiger partial charge < -0.3 is 9.47 Å². The summed E-state index contributed by atoms with van der Waals surface area (Å²) >= 11 is 4.59. The van der Waals surface area contributed by atoms with Gasteiger partial charge in [-0.2, -0.15) is 0 Å². The maximum atomic E-state index is 5.37. The van der Waals surface area contributed by atoms with Crippen molar-refractivity contribution in [1.82, 2.24) is 0 Å². The van der Waals surface area contributed by atoms with E-state index >= 15 is 0 Å². The summed E-state index contributed by atoms with van der Waals surface area (Å²) in [5, 5.41) is 0. The van der Waals surface area contributed by atoms with E-state index in [9.17, 15) is 0 Å². The second-order valence-electron chi connectivity index (χ2n) is 4.12. The molecule has 0 bridgehead atoms. The van der Waals surface area contributed by atoms with Crippen molar-refractivity contribution < 1.29 is 9.47 Å². The molecular formula is C16H14I2KO2. The fourth-order valence-corrected chi connectivity index (χ4v) is 4.03. The van der Waals surface area contributed by atoms with E-state index in [0.717, 1.165) is 29.8 Å². The smallest absolute Gasteiger partial charge is 0.145 e. The molecule has 0 saturated carbocycles. The van der Waals surface area contributed by atoms with E-state index in [2.05, 4.69) is 69.5 Å². The maximum absolute atomic E-state index is 5.37. The first-order valence-corrected chi connectivity index (χ1v) is 8.15. The molecule has 0 saturated heterocycles. The first-order chi connectivity index (χ1) is 9.63. The monoisotopic (exact) mass is 531 g/mol. The first-order valence-electron chi connectivity index (χ1n) is 5.99. The molecule has 0 N–H and O–H groups in total. The fraction of sp³-hybridized carbons (Fsp3) is 0.125. The SMILES string of the molecule is COc1ccc(C=Cc2cc(I)c(OC)c(I)c2)cc1.[K]. The minimum Gasteiger partial charge on any atom is -0.497 e. The molecule has 0 aliphatic carbocycles. The van der Waals surface area contributed by atoms with Crippen molar-refractivity contribution in [2.24, 2.45) is 0 Å². The zero-order valence-electron chi connectivity index (χ0n) is 12.2. The molecule has 2 aromatic carbocycles. The summed E-state index contributed by atoms with van der Waals surface area (Å²) in [6.45, 7) is 0. The van der Waals surface area contributed by atoms with Crippen LogP contribution in [-0.4, -0.2) is 65.6 Å². The van der Waals surface area contributed by atoms with E-state index in [1.54, 1.807) is 14.2 Å². The average molecular weight is 531 g/mol. The maximum Gasteiger partial charge on any atom is 0.145 e. The van der Waals surface area contributed by atoms with Crippen LogP contribution in [-0.2, 0) is 0 Å². The van der Waals surface area contributed by atoms with E-state index in [-0.39, 0.29) is 51.4 Å². The van der Waals surface area contributed by atoms with Gasteiger partial charge in [-0.15, -0.1) is 0 Å². The molecule has 0 heterocycles. The number of halogens is 2. The van der Waals surface area contributed by atoms with Crippen LogP contribution in [0, 0.1) is 7.14 Å². The van der Waals surface area contributed by atoms with Crippen LogP contribution in [0.25, 0.3) is 12.2 Å². The molecule has 105 valence electrons. The van der Waals surface area contributed by atoms with Crippen molar-refractivity contribution in [3.63, 3.8) is 0 Å². The Hall–Kier alpha value is 0.876. The average Bonchev–Trinajstić information content (AvgIpc) is 2.45. The number of ether oxygens (including phenoxy) is 2. The number of rotatable bonds is 4. The van der Waals surface area contributed by atoms with Crippen molar-refractivity contribution in [3.8, 4) is 11.5 Å². The van der Waals surface area contributed by atoms with Crippen LogP contribution in [0.5, 0.6) is 11.5 Å². The third-order valence-corrected chi connectivity index (χ3v) is 4.41. The molecule has 1 radical (unpaired) electrons. The van der Waals surface area contributed by atoms with E-state index in [1.165, 1.54) is 0 Å². The standard InChI is InChI=1S/C16H14I2O2.K/c1-19-13-7-5-11(6-8-13)3-4-12-9-14(17)16(20-2)15(18)10-12;/h3-10H,1-2H3;. The summed E-state index contributed by atoms with van der Waals surface area (Å²) in [4.78, 5) is 0. The van der Waals surface area contributed by atoms with Crippen LogP contribution in [0.1, 0.15) is 11.1 Å². The number of hydrogen-bond acceptors (Lipinski definition) is 2. The van der Waals surface area contributed by atoms with Gasteiger partial charge in [0.05, 0.1) is 21.4 Å².